The quantitative estimate of drug-likeness (QED) is 0.714. The Morgan fingerprint density at radius 3 is 2.47 bits per heavy atom. The Balaban J connectivity index is 1.69. The first-order valence-electron chi connectivity index (χ1n) is 10.7. The van der Waals surface area contributed by atoms with Crippen LogP contribution in [0.2, 0.25) is 0 Å². The van der Waals surface area contributed by atoms with Crippen LogP contribution in [0.15, 0.2) is 48.5 Å². The van der Waals surface area contributed by atoms with Crippen molar-refractivity contribution in [1.82, 2.24) is 10.2 Å². The van der Waals surface area contributed by atoms with Crippen molar-refractivity contribution in [3.63, 3.8) is 0 Å². The van der Waals surface area contributed by atoms with Crippen LogP contribution in [0.5, 0.6) is 0 Å². The van der Waals surface area contributed by atoms with Crippen molar-refractivity contribution in [3.05, 3.63) is 65.5 Å². The molecular weight excluding hydrogens is 381 g/mol. The van der Waals surface area contributed by atoms with Gasteiger partial charge in [0, 0.05) is 43.5 Å². The van der Waals surface area contributed by atoms with Crippen molar-refractivity contribution in [1.29, 1.82) is 0 Å². The van der Waals surface area contributed by atoms with Gasteiger partial charge in [-0.25, -0.2) is 4.39 Å². The van der Waals surface area contributed by atoms with Crippen LogP contribution in [0, 0.1) is 5.82 Å². The van der Waals surface area contributed by atoms with Crippen LogP contribution in [0.1, 0.15) is 42.7 Å². The molecule has 2 aromatic rings. The van der Waals surface area contributed by atoms with Crippen LogP contribution >= 0.6 is 0 Å². The number of nitrogens with zero attached hydrogens (tertiary/aromatic N) is 2. The summed E-state index contributed by atoms with van der Waals surface area (Å²) >= 11 is 0. The minimum atomic E-state index is -0.265. The number of carbonyl (C=O) groups is 1. The molecule has 30 heavy (non-hydrogen) atoms. The Morgan fingerprint density at radius 2 is 1.87 bits per heavy atom. The van der Waals surface area contributed by atoms with Crippen molar-refractivity contribution in [2.45, 2.75) is 32.9 Å². The number of hydrogen-bond acceptors (Lipinski definition) is 4. The summed E-state index contributed by atoms with van der Waals surface area (Å²) in [7, 11) is 0. The fourth-order valence-electron chi connectivity index (χ4n) is 4.00. The third-order valence-electron chi connectivity index (χ3n) is 5.60. The van der Waals surface area contributed by atoms with E-state index >= 15 is 0 Å². The van der Waals surface area contributed by atoms with Gasteiger partial charge in [-0.2, -0.15) is 0 Å². The molecule has 1 aliphatic heterocycles. The summed E-state index contributed by atoms with van der Waals surface area (Å²) in [5, 5.41) is 3.04. The summed E-state index contributed by atoms with van der Waals surface area (Å²) in [5.74, 6) is -0.387. The summed E-state index contributed by atoms with van der Waals surface area (Å²) < 4.78 is 19.3. The largest absolute Gasteiger partial charge is 0.379 e. The molecule has 3 rings (SSSR count). The number of amides is 1. The molecule has 2 aromatic carbocycles. The highest BCUT2D eigenvalue weighted by Gasteiger charge is 2.24. The van der Waals surface area contributed by atoms with Crippen LogP contribution in [0.3, 0.4) is 0 Å². The second-order valence-electron chi connectivity index (χ2n) is 7.86. The summed E-state index contributed by atoms with van der Waals surface area (Å²) in [6.07, 6.45) is 0. The Morgan fingerprint density at radius 1 is 1.17 bits per heavy atom. The highest BCUT2D eigenvalue weighted by molar-refractivity contribution is 5.94. The fourth-order valence-corrected chi connectivity index (χ4v) is 4.00. The Labute approximate surface area is 178 Å². The van der Waals surface area contributed by atoms with E-state index in [2.05, 4.69) is 35.9 Å². The molecule has 0 aliphatic carbocycles. The molecule has 1 heterocycles. The smallest absolute Gasteiger partial charge is 0.251 e. The van der Waals surface area contributed by atoms with Crippen molar-refractivity contribution in [2.75, 3.05) is 44.3 Å². The van der Waals surface area contributed by atoms with Gasteiger partial charge in [-0.05, 0) is 62.7 Å². The predicted octanol–water partition coefficient (Wildman–Crippen LogP) is 3.86. The second kappa shape index (κ2) is 10.5. The monoisotopic (exact) mass is 413 g/mol. The number of benzene rings is 2. The van der Waals surface area contributed by atoms with Crippen LogP contribution < -0.4 is 10.2 Å². The lowest BCUT2D eigenvalue weighted by molar-refractivity contribution is 0.0162. The van der Waals surface area contributed by atoms with Crippen LogP contribution in [-0.2, 0) is 4.74 Å². The number of carbonyl (C=O) groups excluding carboxylic acids is 1. The number of ether oxygens (including phenoxy) is 1. The minimum Gasteiger partial charge on any atom is -0.379 e. The van der Waals surface area contributed by atoms with Gasteiger partial charge in [0.25, 0.3) is 5.91 Å². The topological polar surface area (TPSA) is 44.8 Å². The van der Waals surface area contributed by atoms with E-state index in [1.807, 2.05) is 30.3 Å². The molecule has 0 radical (unpaired) electrons. The first kappa shape index (κ1) is 22.2. The molecule has 1 N–H and O–H groups in total. The predicted molar refractivity (Wildman–Crippen MR) is 118 cm³/mol. The van der Waals surface area contributed by atoms with Crippen molar-refractivity contribution in [3.8, 4) is 0 Å². The van der Waals surface area contributed by atoms with E-state index in [-0.39, 0.29) is 17.8 Å². The lowest BCUT2D eigenvalue weighted by Crippen LogP contribution is -2.43. The molecular formula is C24H32FN3O2. The standard InChI is InChI=1S/C24H32FN3O2/c1-4-28(18(2)3)22-10-8-19(9-11-22)24(29)26-17-23(27-12-14-30-15-13-27)20-6-5-7-21(25)16-20/h5-11,16,18,23H,4,12-15,17H2,1-3H3,(H,26,29). The molecule has 0 aromatic heterocycles. The maximum atomic E-state index is 13.8. The average Bonchev–Trinajstić information content (AvgIpc) is 2.75. The number of nitrogens with one attached hydrogen (secondary N) is 1. The molecule has 0 spiro atoms. The molecule has 162 valence electrons. The third kappa shape index (κ3) is 5.58. The van der Waals surface area contributed by atoms with Gasteiger partial charge in [0.2, 0.25) is 0 Å². The van der Waals surface area contributed by atoms with Crippen LogP contribution in [0.4, 0.5) is 10.1 Å². The molecule has 1 aliphatic rings. The van der Waals surface area contributed by atoms with Gasteiger partial charge in [-0.3, -0.25) is 9.69 Å². The van der Waals surface area contributed by atoms with E-state index in [4.69, 9.17) is 4.74 Å². The zero-order valence-electron chi connectivity index (χ0n) is 18.1. The van der Waals surface area contributed by atoms with E-state index in [0.29, 0.717) is 31.4 Å². The zero-order chi connectivity index (χ0) is 21.5. The molecule has 1 atom stereocenters. The van der Waals surface area contributed by atoms with E-state index in [1.165, 1.54) is 6.07 Å². The first-order valence-corrected chi connectivity index (χ1v) is 10.7. The Kier molecular flexibility index (Phi) is 7.82. The van der Waals surface area contributed by atoms with Gasteiger partial charge >= 0.3 is 0 Å². The second-order valence-corrected chi connectivity index (χ2v) is 7.86. The SMILES string of the molecule is CCN(c1ccc(C(=O)NCC(c2cccc(F)c2)N2CCOCC2)cc1)C(C)C. The van der Waals surface area contributed by atoms with Gasteiger partial charge < -0.3 is 15.0 Å². The first-order chi connectivity index (χ1) is 14.5. The van der Waals surface area contributed by atoms with E-state index in [0.717, 1.165) is 30.9 Å². The number of morpholine rings is 1. The highest BCUT2D eigenvalue weighted by Crippen LogP contribution is 2.23. The van der Waals surface area contributed by atoms with Gasteiger partial charge in [0.05, 0.1) is 19.3 Å². The Hall–Kier alpha value is -2.44. The normalized spacial score (nSPS) is 15.8. The number of hydrogen-bond donors (Lipinski definition) is 1. The minimum absolute atomic E-state index is 0.0932. The van der Waals surface area contributed by atoms with Crippen molar-refractivity contribution in [2.24, 2.45) is 0 Å². The van der Waals surface area contributed by atoms with Gasteiger partial charge in [0.1, 0.15) is 5.82 Å². The van der Waals surface area contributed by atoms with Crippen molar-refractivity contribution >= 4 is 11.6 Å². The van der Waals surface area contributed by atoms with Crippen LogP contribution in [-0.4, -0.2) is 56.2 Å². The molecule has 6 heteroatoms. The van der Waals surface area contributed by atoms with E-state index in [1.54, 1.807) is 12.1 Å². The molecule has 1 amide bonds. The van der Waals surface area contributed by atoms with E-state index in [9.17, 15) is 9.18 Å². The maximum absolute atomic E-state index is 13.8. The third-order valence-corrected chi connectivity index (χ3v) is 5.60. The molecule has 1 saturated heterocycles. The summed E-state index contributed by atoms with van der Waals surface area (Å²) in [4.78, 5) is 17.3. The Bertz CT molecular complexity index is 819. The summed E-state index contributed by atoms with van der Waals surface area (Å²) in [6.45, 7) is 10.6. The lowest BCUT2D eigenvalue weighted by Gasteiger charge is -2.35. The summed E-state index contributed by atoms with van der Waals surface area (Å²) in [5.41, 5.74) is 2.59. The molecule has 1 fully saturated rings. The molecule has 0 saturated carbocycles. The number of halogens is 1. The fraction of sp³-hybridized carbons (Fsp3) is 0.458. The highest BCUT2D eigenvalue weighted by atomic mass is 19.1. The zero-order valence-corrected chi connectivity index (χ0v) is 18.1. The molecule has 1 unspecified atom stereocenters. The number of rotatable bonds is 8. The maximum Gasteiger partial charge on any atom is 0.251 e. The molecule has 5 nitrogen and oxygen atoms in total. The van der Waals surface area contributed by atoms with Crippen molar-refractivity contribution < 1.29 is 13.9 Å². The average molecular weight is 414 g/mol. The summed E-state index contributed by atoms with van der Waals surface area (Å²) in [6, 6.07) is 14.6. The van der Waals surface area contributed by atoms with Crippen LogP contribution in [0.25, 0.3) is 0 Å². The van der Waals surface area contributed by atoms with Gasteiger partial charge in [0.15, 0.2) is 0 Å². The lowest BCUT2D eigenvalue weighted by atomic mass is 10.0. The molecule has 0 bridgehead atoms. The van der Waals surface area contributed by atoms with E-state index < -0.39 is 0 Å². The van der Waals surface area contributed by atoms with Gasteiger partial charge in [-0.15, -0.1) is 0 Å². The number of anilines is 1. The van der Waals surface area contributed by atoms with Gasteiger partial charge in [-0.1, -0.05) is 12.1 Å².